The van der Waals surface area contributed by atoms with E-state index in [0.29, 0.717) is 17.0 Å². The molecule has 30 heavy (non-hydrogen) atoms. The van der Waals surface area contributed by atoms with Crippen molar-refractivity contribution in [3.8, 4) is 5.75 Å². The fourth-order valence-corrected chi connectivity index (χ4v) is 4.14. The summed E-state index contributed by atoms with van der Waals surface area (Å²) in [7, 11) is 0. The molecule has 5 rings (SSSR count). The van der Waals surface area contributed by atoms with E-state index in [1.54, 1.807) is 12.3 Å². The Hall–Kier alpha value is -2.40. The van der Waals surface area contributed by atoms with E-state index in [4.69, 9.17) is 4.74 Å². The minimum Gasteiger partial charge on any atom is -0.492 e. The van der Waals surface area contributed by atoms with Crippen molar-refractivity contribution in [3.05, 3.63) is 58.9 Å². The number of hydrogen-bond donors (Lipinski definition) is 2. The van der Waals surface area contributed by atoms with Crippen molar-refractivity contribution in [3.63, 3.8) is 0 Å². The lowest BCUT2D eigenvalue weighted by Crippen LogP contribution is -2.35. The summed E-state index contributed by atoms with van der Waals surface area (Å²) in [5.41, 5.74) is 5.00. The Balaban J connectivity index is 1.12. The predicted molar refractivity (Wildman–Crippen MR) is 117 cm³/mol. The van der Waals surface area contributed by atoms with E-state index >= 15 is 0 Å². The summed E-state index contributed by atoms with van der Waals surface area (Å²) >= 11 is 0. The van der Waals surface area contributed by atoms with Crippen molar-refractivity contribution in [1.29, 1.82) is 0 Å². The molecule has 2 fully saturated rings. The lowest BCUT2D eigenvalue weighted by molar-refractivity contribution is 0.0933. The van der Waals surface area contributed by atoms with Crippen molar-refractivity contribution < 1.29 is 9.53 Å². The van der Waals surface area contributed by atoms with E-state index in [-0.39, 0.29) is 11.9 Å². The van der Waals surface area contributed by atoms with Crippen LogP contribution in [0.3, 0.4) is 0 Å². The zero-order valence-corrected chi connectivity index (χ0v) is 17.7. The number of nitrogens with one attached hydrogen (secondary N) is 2. The van der Waals surface area contributed by atoms with Crippen LogP contribution in [0.5, 0.6) is 5.75 Å². The molecule has 1 aromatic carbocycles. The molecule has 0 radical (unpaired) electrons. The van der Waals surface area contributed by atoms with Gasteiger partial charge in [0.2, 0.25) is 0 Å². The molecule has 1 atom stereocenters. The normalized spacial score (nSPS) is 21.2. The third-order valence-electron chi connectivity index (χ3n) is 6.67. The number of ether oxygens (including phenoxy) is 1. The van der Waals surface area contributed by atoms with Gasteiger partial charge < -0.3 is 15.4 Å². The van der Waals surface area contributed by atoms with Gasteiger partial charge in [0.1, 0.15) is 11.4 Å². The first-order valence-electron chi connectivity index (χ1n) is 11.3. The second-order valence-corrected chi connectivity index (χ2v) is 9.73. The standard InChI is InChI=1S/C25H31N3O2/c1-25(8-9-25)16-26-13-18-4-5-19-11-21(12-20(19)10-18)28-24(29)23-7-6-22(14-27-23)30-15-17-2-3-17/h4-7,10,14,17,21,26H,2-3,8-9,11-13,15-16H2,1H3,(H,28,29)/t21-/m1/s1. The average Bonchev–Trinajstić information content (AvgIpc) is 3.66. The maximum atomic E-state index is 12.6. The molecule has 2 aromatic rings. The lowest BCUT2D eigenvalue weighted by Gasteiger charge is -2.12. The number of fused-ring (bicyclic) bond motifs is 1. The van der Waals surface area contributed by atoms with Crippen LogP contribution in [0.1, 0.15) is 59.8 Å². The first kappa shape index (κ1) is 19.6. The number of amides is 1. The number of pyridine rings is 1. The van der Waals surface area contributed by atoms with Gasteiger partial charge in [0.25, 0.3) is 5.91 Å². The van der Waals surface area contributed by atoms with E-state index < -0.39 is 0 Å². The summed E-state index contributed by atoms with van der Waals surface area (Å²) in [4.78, 5) is 16.9. The minimum absolute atomic E-state index is 0.110. The van der Waals surface area contributed by atoms with Gasteiger partial charge in [-0.15, -0.1) is 0 Å². The molecule has 2 saturated carbocycles. The molecule has 5 heteroatoms. The number of hydrogen-bond acceptors (Lipinski definition) is 4. The Labute approximate surface area is 178 Å². The van der Waals surface area contributed by atoms with E-state index in [0.717, 1.165) is 38.3 Å². The minimum atomic E-state index is -0.110. The molecular weight excluding hydrogens is 374 g/mol. The maximum Gasteiger partial charge on any atom is 0.270 e. The molecule has 1 amide bonds. The molecular formula is C25H31N3O2. The highest BCUT2D eigenvalue weighted by Crippen LogP contribution is 2.44. The highest BCUT2D eigenvalue weighted by Gasteiger charge is 2.36. The summed E-state index contributed by atoms with van der Waals surface area (Å²) in [6.45, 7) is 5.11. The quantitative estimate of drug-likeness (QED) is 0.668. The zero-order chi connectivity index (χ0) is 20.6. The molecule has 0 bridgehead atoms. The Kier molecular flexibility index (Phi) is 5.23. The first-order chi connectivity index (χ1) is 14.6. The van der Waals surface area contributed by atoms with Gasteiger partial charge in [-0.1, -0.05) is 25.1 Å². The van der Waals surface area contributed by atoms with Gasteiger partial charge in [0.15, 0.2) is 0 Å². The number of carbonyl (C=O) groups excluding carboxylic acids is 1. The van der Waals surface area contributed by atoms with Gasteiger partial charge in [0.05, 0.1) is 12.8 Å². The lowest BCUT2D eigenvalue weighted by atomic mass is 10.1. The summed E-state index contributed by atoms with van der Waals surface area (Å²) in [5, 5.41) is 6.75. The van der Waals surface area contributed by atoms with Crippen LogP contribution in [0, 0.1) is 11.3 Å². The molecule has 0 saturated heterocycles. The summed E-state index contributed by atoms with van der Waals surface area (Å²) in [6.07, 6.45) is 8.63. The molecule has 0 aliphatic heterocycles. The third-order valence-corrected chi connectivity index (χ3v) is 6.67. The number of aromatic nitrogens is 1. The predicted octanol–water partition coefficient (Wildman–Crippen LogP) is 3.66. The van der Waals surface area contributed by atoms with Gasteiger partial charge >= 0.3 is 0 Å². The second kappa shape index (κ2) is 8.03. The van der Waals surface area contributed by atoms with E-state index in [2.05, 4.69) is 40.7 Å². The second-order valence-electron chi connectivity index (χ2n) is 9.73. The summed E-state index contributed by atoms with van der Waals surface area (Å²) in [5.74, 6) is 1.33. The van der Waals surface area contributed by atoms with E-state index in [1.807, 2.05) is 6.07 Å². The van der Waals surface area contributed by atoms with Crippen molar-refractivity contribution in [1.82, 2.24) is 15.6 Å². The van der Waals surface area contributed by atoms with Crippen LogP contribution in [-0.4, -0.2) is 30.1 Å². The summed E-state index contributed by atoms with van der Waals surface area (Å²) < 4.78 is 5.70. The van der Waals surface area contributed by atoms with Gasteiger partial charge in [-0.25, -0.2) is 4.98 Å². The Bertz CT molecular complexity index is 916. The SMILES string of the molecule is CC1(CNCc2ccc3c(c2)C[C@H](NC(=O)c2ccc(OCC4CC4)cn2)C3)CC1. The van der Waals surface area contributed by atoms with Crippen LogP contribution >= 0.6 is 0 Å². The van der Waals surface area contributed by atoms with Crippen LogP contribution in [0.25, 0.3) is 0 Å². The highest BCUT2D eigenvalue weighted by atomic mass is 16.5. The van der Waals surface area contributed by atoms with Gasteiger partial charge in [-0.2, -0.15) is 0 Å². The molecule has 2 N–H and O–H groups in total. The van der Waals surface area contributed by atoms with Gasteiger partial charge in [0, 0.05) is 19.1 Å². The van der Waals surface area contributed by atoms with Crippen LogP contribution in [-0.2, 0) is 19.4 Å². The number of carbonyl (C=O) groups is 1. The van der Waals surface area contributed by atoms with Crippen LogP contribution in [0.4, 0.5) is 0 Å². The van der Waals surface area contributed by atoms with Crippen LogP contribution in [0.2, 0.25) is 0 Å². The zero-order valence-electron chi connectivity index (χ0n) is 17.7. The van der Waals surface area contributed by atoms with Crippen molar-refractivity contribution in [2.75, 3.05) is 13.2 Å². The molecule has 0 spiro atoms. The molecule has 1 aromatic heterocycles. The monoisotopic (exact) mass is 405 g/mol. The van der Waals surface area contributed by atoms with Gasteiger partial charge in [-0.3, -0.25) is 4.79 Å². The highest BCUT2D eigenvalue weighted by molar-refractivity contribution is 5.92. The molecule has 3 aliphatic carbocycles. The van der Waals surface area contributed by atoms with Crippen LogP contribution in [0.15, 0.2) is 36.5 Å². The molecule has 0 unspecified atom stereocenters. The first-order valence-corrected chi connectivity index (χ1v) is 11.3. The van der Waals surface area contributed by atoms with Gasteiger partial charge in [-0.05, 0) is 78.7 Å². The number of nitrogens with zero attached hydrogens (tertiary/aromatic N) is 1. The van der Waals surface area contributed by atoms with Crippen molar-refractivity contribution in [2.24, 2.45) is 11.3 Å². The Morgan fingerprint density at radius 1 is 1.17 bits per heavy atom. The molecule has 5 nitrogen and oxygen atoms in total. The fraction of sp³-hybridized carbons (Fsp3) is 0.520. The smallest absolute Gasteiger partial charge is 0.270 e. The fourth-order valence-electron chi connectivity index (χ4n) is 4.14. The largest absolute Gasteiger partial charge is 0.492 e. The van der Waals surface area contributed by atoms with Crippen molar-refractivity contribution >= 4 is 5.91 Å². The summed E-state index contributed by atoms with van der Waals surface area (Å²) in [6, 6.07) is 10.5. The van der Waals surface area contributed by atoms with E-state index in [9.17, 15) is 4.79 Å². The maximum absolute atomic E-state index is 12.6. The van der Waals surface area contributed by atoms with Crippen molar-refractivity contribution in [2.45, 2.75) is 58.0 Å². The van der Waals surface area contributed by atoms with E-state index in [1.165, 1.54) is 42.4 Å². The van der Waals surface area contributed by atoms with Crippen LogP contribution < -0.4 is 15.4 Å². The Morgan fingerprint density at radius 3 is 2.73 bits per heavy atom. The Morgan fingerprint density at radius 2 is 2.00 bits per heavy atom. The molecule has 3 aliphatic rings. The topological polar surface area (TPSA) is 63.2 Å². The molecule has 158 valence electrons. The average molecular weight is 406 g/mol. The third kappa shape index (κ3) is 4.84. The number of benzene rings is 1. The number of rotatable bonds is 9. The molecule has 1 heterocycles.